The number of ether oxygens (including phenoxy) is 2. The van der Waals surface area contributed by atoms with Gasteiger partial charge in [-0.1, -0.05) is 42.5 Å². The van der Waals surface area contributed by atoms with E-state index in [4.69, 9.17) is 9.47 Å². The van der Waals surface area contributed by atoms with Gasteiger partial charge >= 0.3 is 24.2 Å². The Bertz CT molecular complexity index is 2950. The quantitative estimate of drug-likeness (QED) is 0.0514. The maximum atomic E-state index is 12.7. The van der Waals surface area contributed by atoms with Crippen LogP contribution in [0.1, 0.15) is 58.2 Å². The van der Waals surface area contributed by atoms with Crippen LogP contribution in [0.2, 0.25) is 0 Å². The molecule has 14 nitrogen and oxygen atoms in total. The third-order valence-corrected chi connectivity index (χ3v) is 13.6. The maximum absolute atomic E-state index is 12.7. The fourth-order valence-electron chi connectivity index (χ4n) is 10.6. The first-order valence-electron chi connectivity index (χ1n) is 22.3. The Hall–Kier alpha value is -8.10. The molecular formula is C52H46N8O6. The summed E-state index contributed by atoms with van der Waals surface area (Å²) in [7, 11) is 0. The van der Waals surface area contributed by atoms with Gasteiger partial charge in [-0.05, 0) is 167 Å². The Morgan fingerprint density at radius 2 is 1.09 bits per heavy atom. The van der Waals surface area contributed by atoms with E-state index in [9.17, 15) is 29.7 Å². The number of rotatable bonds is 12. The lowest BCUT2D eigenvalue weighted by atomic mass is 9.48. The van der Waals surface area contributed by atoms with Crippen LogP contribution in [0.4, 0.5) is 41.9 Å². The average Bonchev–Trinajstić information content (AvgIpc) is 3.94. The summed E-state index contributed by atoms with van der Waals surface area (Å²) in [5.41, 5.74) is 14.3. The highest BCUT2D eigenvalue weighted by molar-refractivity contribution is 5.93. The summed E-state index contributed by atoms with van der Waals surface area (Å²) in [6.45, 7) is 0.866. The van der Waals surface area contributed by atoms with Crippen LogP contribution >= 0.6 is 0 Å². The predicted octanol–water partition coefficient (Wildman–Crippen LogP) is 9.36. The molecule has 10 rings (SSSR count). The Morgan fingerprint density at radius 3 is 1.61 bits per heavy atom. The molecule has 6 amide bonds. The zero-order valence-corrected chi connectivity index (χ0v) is 36.0. The van der Waals surface area contributed by atoms with Crippen molar-refractivity contribution in [3.8, 4) is 34.4 Å². The van der Waals surface area contributed by atoms with Crippen LogP contribution in [0.5, 0.6) is 0 Å². The minimum Gasteiger partial charge on any atom is -0.449 e. The number of hydrogen-bond donors (Lipinski definition) is 6. The lowest BCUT2D eigenvalue weighted by Gasteiger charge is -2.55. The summed E-state index contributed by atoms with van der Waals surface area (Å²) >= 11 is 0. The zero-order chi connectivity index (χ0) is 45.4. The molecule has 5 aromatic carbocycles. The smallest absolute Gasteiger partial charge is 0.411 e. The van der Waals surface area contributed by atoms with E-state index in [0.29, 0.717) is 78.9 Å². The first-order chi connectivity index (χ1) is 32.2. The fraction of sp³-hybridized carbons (Fsp3) is 0.269. The molecule has 5 aliphatic rings. The summed E-state index contributed by atoms with van der Waals surface area (Å²) in [6.07, 6.45) is 7.28. The molecule has 5 aliphatic carbocycles. The molecule has 2 bridgehead atoms. The predicted molar refractivity (Wildman–Crippen MR) is 249 cm³/mol. The van der Waals surface area contributed by atoms with Gasteiger partial charge in [0.15, 0.2) is 0 Å². The molecule has 0 aromatic heterocycles. The number of allylic oxidation sites excluding steroid dienone is 2. The van der Waals surface area contributed by atoms with Crippen LogP contribution < -0.4 is 31.9 Å². The van der Waals surface area contributed by atoms with E-state index in [1.807, 2.05) is 84.9 Å². The van der Waals surface area contributed by atoms with E-state index in [0.717, 1.165) is 57.3 Å². The van der Waals surface area contributed by atoms with Crippen molar-refractivity contribution in [1.29, 1.82) is 10.5 Å². The van der Waals surface area contributed by atoms with Crippen LogP contribution in [0, 0.1) is 40.4 Å². The Morgan fingerprint density at radius 1 is 0.606 bits per heavy atom. The van der Waals surface area contributed by atoms with Crippen molar-refractivity contribution in [2.24, 2.45) is 17.8 Å². The van der Waals surface area contributed by atoms with Gasteiger partial charge in [-0.2, -0.15) is 10.5 Å². The molecular weight excluding hydrogens is 833 g/mol. The molecule has 1 fully saturated rings. The van der Waals surface area contributed by atoms with E-state index in [1.165, 1.54) is 11.1 Å². The highest BCUT2D eigenvalue weighted by Crippen LogP contribution is 2.65. The number of carbonyl (C=O) groups is 4. The van der Waals surface area contributed by atoms with Gasteiger partial charge in [-0.25, -0.2) is 19.2 Å². The molecule has 1 spiro atoms. The minimum atomic E-state index is -0.580. The van der Waals surface area contributed by atoms with Crippen LogP contribution in [0.25, 0.3) is 22.3 Å². The second-order valence-electron chi connectivity index (χ2n) is 17.5. The zero-order valence-electron chi connectivity index (χ0n) is 36.0. The number of benzene rings is 5. The number of fused-ring (bicyclic) bond motifs is 9. The van der Waals surface area contributed by atoms with Gasteiger partial charge in [0.25, 0.3) is 0 Å². The summed E-state index contributed by atoms with van der Waals surface area (Å²) in [5, 5.41) is 35.7. The summed E-state index contributed by atoms with van der Waals surface area (Å²) in [4.78, 5) is 50.4. The molecule has 0 radical (unpaired) electrons. The number of urea groups is 2. The largest absolute Gasteiger partial charge is 0.449 e. The molecule has 0 heterocycles. The van der Waals surface area contributed by atoms with Gasteiger partial charge in [0, 0.05) is 41.3 Å². The highest BCUT2D eigenvalue weighted by Gasteiger charge is 2.61. The van der Waals surface area contributed by atoms with Crippen molar-refractivity contribution >= 4 is 47.0 Å². The van der Waals surface area contributed by atoms with Crippen LogP contribution in [-0.2, 0) is 34.2 Å². The third-order valence-electron chi connectivity index (χ3n) is 13.6. The van der Waals surface area contributed by atoms with Crippen LogP contribution in [-0.4, -0.2) is 50.6 Å². The summed E-state index contributed by atoms with van der Waals surface area (Å²) < 4.78 is 10.7. The minimum absolute atomic E-state index is 0.0102. The normalized spacial score (nSPS) is 19.1. The number of anilines is 4. The number of nitrogens with zero attached hydrogens (tertiary/aromatic N) is 2. The Balaban J connectivity index is 0.603. The van der Waals surface area contributed by atoms with Crippen molar-refractivity contribution < 1.29 is 28.7 Å². The van der Waals surface area contributed by atoms with Crippen LogP contribution in [0.3, 0.4) is 0 Å². The van der Waals surface area contributed by atoms with E-state index in [1.54, 1.807) is 0 Å². The van der Waals surface area contributed by atoms with Crippen molar-refractivity contribution in [3.05, 3.63) is 142 Å². The van der Waals surface area contributed by atoms with Gasteiger partial charge in [0.05, 0.1) is 36.8 Å². The molecule has 14 heteroatoms. The van der Waals surface area contributed by atoms with Crippen molar-refractivity contribution in [2.75, 3.05) is 47.6 Å². The van der Waals surface area contributed by atoms with Crippen molar-refractivity contribution in [1.82, 2.24) is 10.6 Å². The Kier molecular flexibility index (Phi) is 11.1. The molecule has 4 atom stereocenters. The molecule has 1 saturated carbocycles. The number of nitriles is 2. The van der Waals surface area contributed by atoms with Crippen LogP contribution in [0.15, 0.2) is 103 Å². The monoisotopic (exact) mass is 878 g/mol. The molecule has 330 valence electrons. The summed E-state index contributed by atoms with van der Waals surface area (Å²) in [6, 6.07) is 32.8. The molecule has 66 heavy (non-hydrogen) atoms. The number of amides is 6. The fourth-order valence-corrected chi connectivity index (χ4v) is 10.6. The number of hydrogen-bond acceptors (Lipinski definition) is 8. The van der Waals surface area contributed by atoms with Gasteiger partial charge in [0.1, 0.15) is 0 Å². The van der Waals surface area contributed by atoms with Gasteiger partial charge < -0.3 is 30.7 Å². The van der Waals surface area contributed by atoms with Gasteiger partial charge in [0.2, 0.25) is 0 Å². The van der Waals surface area contributed by atoms with Crippen molar-refractivity contribution in [3.63, 3.8) is 0 Å². The Labute approximate surface area is 381 Å². The number of nitrogens with one attached hydrogen (secondary N) is 6. The second kappa shape index (κ2) is 17.5. The van der Waals surface area contributed by atoms with E-state index >= 15 is 0 Å². The van der Waals surface area contributed by atoms with Gasteiger partial charge in [-0.3, -0.25) is 10.6 Å². The average molecular weight is 879 g/mol. The van der Waals surface area contributed by atoms with E-state index < -0.39 is 12.2 Å². The number of carbonyl (C=O) groups excluding carboxylic acids is 4. The molecule has 0 saturated heterocycles. The van der Waals surface area contributed by atoms with Crippen molar-refractivity contribution in [2.45, 2.75) is 43.9 Å². The molecule has 5 aromatic rings. The highest BCUT2D eigenvalue weighted by atomic mass is 16.6. The standard InChI is InChI=1S/C52H46N8O6/c53-28-30-3-8-41-32(19-30)20-33-24-39(6-11-42(33)41)59-50(63)65-17-1-15-55-48(61)57-37-4-9-43-34(22-37)21-35-23-38(5-10-44(35)43)58-49(62)56-16-2-18-66-51(64)60-40-7-12-46-36(25-40)26-47-45-27-52(46,47)14-13-31(45)29-54/h3-14,19,22-25,31,45,47H,1-2,15-18,20-21,26-27H2,(H,59,63)(H,60,64)(H2,55,57,61)(H2,56,58,62). The third kappa shape index (κ3) is 8.14. The molecule has 4 unspecified atom stereocenters. The van der Waals surface area contributed by atoms with E-state index in [2.05, 4.69) is 62.3 Å². The topological polar surface area (TPSA) is 206 Å². The summed E-state index contributed by atoms with van der Waals surface area (Å²) in [5.74, 6) is 0.848. The maximum Gasteiger partial charge on any atom is 0.411 e. The first kappa shape index (κ1) is 41.9. The lowest BCUT2D eigenvalue weighted by molar-refractivity contribution is 0.0525. The second-order valence-corrected chi connectivity index (χ2v) is 17.5. The van der Waals surface area contributed by atoms with Gasteiger partial charge in [-0.15, -0.1) is 0 Å². The molecule has 6 N–H and O–H groups in total. The SMILES string of the molecule is N#Cc1ccc2c(c1)Cc1cc(NC(=O)OCCCNC(=O)Nc3ccc4c(c3)Cc3cc(NC(=O)NCCCOC(=O)Nc5ccc6c(c5)CC5C7CC65C=CC7C#N)ccc3-4)ccc1-2. The lowest BCUT2D eigenvalue weighted by Crippen LogP contribution is -2.52. The molecule has 0 aliphatic heterocycles. The first-order valence-corrected chi connectivity index (χ1v) is 22.3. The van der Waals surface area contributed by atoms with E-state index in [-0.39, 0.29) is 36.6 Å².